The van der Waals surface area contributed by atoms with E-state index in [1.807, 2.05) is 43.3 Å². The molecule has 1 heterocycles. The third-order valence-electron chi connectivity index (χ3n) is 8.02. The van der Waals surface area contributed by atoms with E-state index in [1.165, 1.54) is 6.42 Å². The summed E-state index contributed by atoms with van der Waals surface area (Å²) in [4.78, 5) is 32.5. The van der Waals surface area contributed by atoms with Gasteiger partial charge in [0, 0.05) is 34.9 Å². The lowest BCUT2D eigenvalue weighted by molar-refractivity contribution is -0.153. The number of aliphatic imine (C=N–C) groups is 1. The number of Topliss-reactive ketones (excluding diaryl/α,β-unsaturated/α-hetero) is 1. The Morgan fingerprint density at radius 2 is 1.70 bits per heavy atom. The highest BCUT2D eigenvalue weighted by Crippen LogP contribution is 2.49. The molecule has 0 aromatic heterocycles. The van der Waals surface area contributed by atoms with Crippen molar-refractivity contribution in [3.63, 3.8) is 0 Å². The van der Waals surface area contributed by atoms with Crippen molar-refractivity contribution in [3.05, 3.63) is 70.9 Å². The number of esters is 1. The molecule has 37 heavy (non-hydrogen) atoms. The lowest BCUT2D eigenvalue weighted by atomic mass is 9.69. The summed E-state index contributed by atoms with van der Waals surface area (Å²) >= 11 is 0. The van der Waals surface area contributed by atoms with Gasteiger partial charge in [-0.05, 0) is 68.7 Å². The number of carbonyl (C=O) groups excluding carboxylic acids is 2. The highest BCUT2D eigenvalue weighted by molar-refractivity contribution is 6.09. The van der Waals surface area contributed by atoms with Crippen molar-refractivity contribution >= 4 is 17.5 Å². The van der Waals surface area contributed by atoms with Crippen molar-refractivity contribution in [2.24, 2.45) is 10.9 Å². The molecule has 2 aliphatic carbocycles. The zero-order valence-corrected chi connectivity index (χ0v) is 21.9. The summed E-state index contributed by atoms with van der Waals surface area (Å²) in [6.07, 6.45) is 6.02. The van der Waals surface area contributed by atoms with Gasteiger partial charge in [-0.3, -0.25) is 14.6 Å². The van der Waals surface area contributed by atoms with Crippen LogP contribution in [0, 0.1) is 5.92 Å². The van der Waals surface area contributed by atoms with Gasteiger partial charge < -0.3 is 14.2 Å². The molecule has 3 atom stereocenters. The molecule has 6 nitrogen and oxygen atoms in total. The molecule has 2 aromatic rings. The SMILES string of the molecule is COc1ccc(OC)c([C@H]2C3=C(C[C@H](c4ccccc4)CC3=O)N=C(C)C2C(=O)OC2CCCCC2)c1. The Morgan fingerprint density at radius 1 is 0.946 bits per heavy atom. The van der Waals surface area contributed by atoms with E-state index in [9.17, 15) is 9.59 Å². The van der Waals surface area contributed by atoms with E-state index in [2.05, 4.69) is 12.1 Å². The second kappa shape index (κ2) is 10.9. The van der Waals surface area contributed by atoms with Gasteiger partial charge in [-0.2, -0.15) is 0 Å². The van der Waals surface area contributed by atoms with E-state index in [0.29, 0.717) is 35.6 Å². The predicted octanol–water partition coefficient (Wildman–Crippen LogP) is 6.15. The Morgan fingerprint density at radius 3 is 2.41 bits per heavy atom. The van der Waals surface area contributed by atoms with Gasteiger partial charge in [-0.15, -0.1) is 0 Å². The first kappa shape index (κ1) is 25.2. The quantitative estimate of drug-likeness (QED) is 0.444. The van der Waals surface area contributed by atoms with Gasteiger partial charge in [0.2, 0.25) is 0 Å². The molecule has 1 aliphatic heterocycles. The maximum absolute atomic E-state index is 13.9. The van der Waals surface area contributed by atoms with Crippen LogP contribution in [0.4, 0.5) is 0 Å². The van der Waals surface area contributed by atoms with Crippen molar-refractivity contribution in [1.82, 2.24) is 0 Å². The molecule has 0 radical (unpaired) electrons. The van der Waals surface area contributed by atoms with Crippen LogP contribution in [0.1, 0.15) is 74.8 Å². The average molecular weight is 502 g/mol. The van der Waals surface area contributed by atoms with E-state index in [1.54, 1.807) is 14.2 Å². The minimum Gasteiger partial charge on any atom is -0.497 e. The maximum atomic E-state index is 13.9. The van der Waals surface area contributed by atoms with E-state index < -0.39 is 11.8 Å². The third kappa shape index (κ3) is 5.07. The Balaban J connectivity index is 1.59. The topological polar surface area (TPSA) is 74.2 Å². The first-order valence-corrected chi connectivity index (χ1v) is 13.3. The maximum Gasteiger partial charge on any atom is 0.315 e. The molecule has 0 bridgehead atoms. The second-order valence-electron chi connectivity index (χ2n) is 10.3. The molecule has 0 saturated heterocycles. The fourth-order valence-electron chi connectivity index (χ4n) is 6.16. The number of allylic oxidation sites excluding steroid dienone is 2. The smallest absolute Gasteiger partial charge is 0.315 e. The summed E-state index contributed by atoms with van der Waals surface area (Å²) in [5.41, 5.74) is 3.93. The molecule has 1 unspecified atom stereocenters. The lowest BCUT2D eigenvalue weighted by Gasteiger charge is -2.37. The Kier molecular flexibility index (Phi) is 7.45. The van der Waals surface area contributed by atoms with Gasteiger partial charge in [-0.1, -0.05) is 36.8 Å². The molecule has 1 saturated carbocycles. The van der Waals surface area contributed by atoms with Crippen LogP contribution in [0.3, 0.4) is 0 Å². The Hall–Kier alpha value is -3.41. The summed E-state index contributed by atoms with van der Waals surface area (Å²) in [7, 11) is 3.21. The van der Waals surface area contributed by atoms with Gasteiger partial charge in [0.05, 0.1) is 14.2 Å². The Bertz CT molecular complexity index is 1230. The molecule has 194 valence electrons. The summed E-state index contributed by atoms with van der Waals surface area (Å²) in [5.74, 6) is -0.215. The van der Waals surface area contributed by atoms with Crippen molar-refractivity contribution in [1.29, 1.82) is 0 Å². The Labute approximate surface area is 218 Å². The fraction of sp³-hybridized carbons (Fsp3) is 0.452. The number of carbonyl (C=O) groups is 2. The van der Waals surface area contributed by atoms with Gasteiger partial charge in [-0.25, -0.2) is 0 Å². The monoisotopic (exact) mass is 501 g/mol. The molecule has 0 amide bonds. The molecule has 6 heteroatoms. The minimum atomic E-state index is -0.695. The first-order valence-electron chi connectivity index (χ1n) is 13.3. The second-order valence-corrected chi connectivity index (χ2v) is 10.3. The summed E-state index contributed by atoms with van der Waals surface area (Å²) in [6, 6.07) is 15.6. The van der Waals surface area contributed by atoms with E-state index in [4.69, 9.17) is 19.2 Å². The first-order chi connectivity index (χ1) is 18.0. The van der Waals surface area contributed by atoms with Gasteiger partial charge >= 0.3 is 5.97 Å². The van der Waals surface area contributed by atoms with E-state index >= 15 is 0 Å². The number of ketones is 1. The molecule has 2 aromatic carbocycles. The molecular formula is C31H35NO5. The molecular weight excluding hydrogens is 466 g/mol. The van der Waals surface area contributed by atoms with Crippen LogP contribution in [-0.2, 0) is 14.3 Å². The van der Waals surface area contributed by atoms with Crippen molar-refractivity contribution in [3.8, 4) is 11.5 Å². The van der Waals surface area contributed by atoms with Crippen LogP contribution < -0.4 is 9.47 Å². The van der Waals surface area contributed by atoms with Gasteiger partial charge in [0.1, 0.15) is 23.5 Å². The van der Waals surface area contributed by atoms with Gasteiger partial charge in [0.25, 0.3) is 0 Å². The third-order valence-corrected chi connectivity index (χ3v) is 8.02. The summed E-state index contributed by atoms with van der Waals surface area (Å²) < 4.78 is 17.3. The normalized spacial score (nSPS) is 24.2. The highest BCUT2D eigenvalue weighted by atomic mass is 16.5. The van der Waals surface area contributed by atoms with Crippen molar-refractivity contribution in [2.45, 2.75) is 69.8 Å². The molecule has 1 fully saturated rings. The van der Waals surface area contributed by atoms with Crippen molar-refractivity contribution in [2.75, 3.05) is 14.2 Å². The summed E-state index contributed by atoms with van der Waals surface area (Å²) in [6.45, 7) is 1.88. The van der Waals surface area contributed by atoms with Gasteiger partial charge in [0.15, 0.2) is 5.78 Å². The largest absolute Gasteiger partial charge is 0.497 e. The summed E-state index contributed by atoms with van der Waals surface area (Å²) in [5, 5.41) is 0. The number of hydrogen-bond acceptors (Lipinski definition) is 6. The average Bonchev–Trinajstić information content (AvgIpc) is 2.92. The molecule has 3 aliphatic rings. The van der Waals surface area contributed by atoms with Crippen LogP contribution in [0.25, 0.3) is 0 Å². The zero-order valence-electron chi connectivity index (χ0n) is 21.9. The van der Waals surface area contributed by atoms with Crippen molar-refractivity contribution < 1.29 is 23.8 Å². The zero-order chi connectivity index (χ0) is 25.9. The standard InChI is InChI=1S/C31H35NO5/c1-19-28(31(34)37-22-12-8-5-9-13-22)29(24-18-23(35-2)14-15-27(24)36-3)30-25(32-19)16-21(17-26(30)33)20-10-6-4-7-11-20/h4,6-7,10-11,14-15,18,21-22,28-29H,5,8-9,12-13,16-17H2,1-3H3/t21-,28?,29+/m0/s1. The van der Waals surface area contributed by atoms with Crippen LogP contribution in [0.2, 0.25) is 0 Å². The van der Waals surface area contributed by atoms with Crippen LogP contribution >= 0.6 is 0 Å². The van der Waals surface area contributed by atoms with Crippen LogP contribution in [0.5, 0.6) is 11.5 Å². The highest BCUT2D eigenvalue weighted by Gasteiger charge is 2.46. The van der Waals surface area contributed by atoms with Crippen LogP contribution in [0.15, 0.2) is 64.8 Å². The molecule has 0 spiro atoms. The number of methoxy groups -OCH3 is 2. The van der Waals surface area contributed by atoms with E-state index in [-0.39, 0.29) is 23.8 Å². The lowest BCUT2D eigenvalue weighted by Crippen LogP contribution is -2.39. The number of benzene rings is 2. The minimum absolute atomic E-state index is 0.0247. The molecule has 5 rings (SSSR count). The van der Waals surface area contributed by atoms with E-state index in [0.717, 1.165) is 42.5 Å². The fourth-order valence-corrected chi connectivity index (χ4v) is 6.16. The number of hydrogen-bond donors (Lipinski definition) is 0. The molecule has 0 N–H and O–H groups in total. The van der Waals surface area contributed by atoms with Crippen LogP contribution in [-0.4, -0.2) is 37.8 Å². The predicted molar refractivity (Wildman–Crippen MR) is 142 cm³/mol. The number of rotatable bonds is 6. The number of ether oxygens (including phenoxy) is 3. The number of nitrogens with zero attached hydrogens (tertiary/aromatic N) is 1.